The fraction of sp³-hybridized carbons (Fsp3) is 0.250. The Morgan fingerprint density at radius 1 is 1.48 bits per heavy atom. The number of halogens is 2. The minimum atomic E-state index is -1.32. The molecule has 0 aromatic heterocycles. The number of aromatic hydroxyl groups is 1. The second kappa shape index (κ2) is 6.13. The van der Waals surface area contributed by atoms with Gasteiger partial charge in [-0.2, -0.15) is 0 Å². The molecule has 0 unspecified atom stereocenters. The van der Waals surface area contributed by atoms with Gasteiger partial charge in [-0.1, -0.05) is 35.0 Å². The van der Waals surface area contributed by atoms with Crippen LogP contribution in [0.5, 0.6) is 5.75 Å². The number of nitrogens with zero attached hydrogens (tertiary/aromatic N) is 2. The van der Waals surface area contributed by atoms with Crippen LogP contribution in [0.1, 0.15) is 6.42 Å². The quantitative estimate of drug-likeness (QED) is 0.872. The molecule has 1 aromatic rings. The molecule has 1 saturated heterocycles. The van der Waals surface area contributed by atoms with E-state index in [4.69, 9.17) is 23.2 Å². The van der Waals surface area contributed by atoms with E-state index < -0.39 is 11.2 Å². The van der Waals surface area contributed by atoms with E-state index in [0.717, 1.165) is 11.8 Å². The molecule has 0 aliphatic carbocycles. The highest BCUT2D eigenvalue weighted by Gasteiger charge is 2.30. The SMILES string of the molecule is CN1C(=O)C[C@@H](C(=O)[O-])SC1=Nc1cc(Cl)c(O)c(Cl)c1. The smallest absolute Gasteiger partial charge is 0.229 e. The maximum atomic E-state index is 11.7. The number of rotatable bonds is 2. The van der Waals surface area contributed by atoms with E-state index in [9.17, 15) is 19.8 Å². The number of amidine groups is 1. The molecule has 112 valence electrons. The summed E-state index contributed by atoms with van der Waals surface area (Å²) in [5.74, 6) is -1.97. The molecule has 1 heterocycles. The average Bonchev–Trinajstić information content (AvgIpc) is 2.40. The maximum Gasteiger partial charge on any atom is 0.229 e. The van der Waals surface area contributed by atoms with Crippen LogP contribution in [0.3, 0.4) is 0 Å². The summed E-state index contributed by atoms with van der Waals surface area (Å²) in [7, 11) is 1.49. The van der Waals surface area contributed by atoms with Gasteiger partial charge in [0.1, 0.15) is 0 Å². The van der Waals surface area contributed by atoms with Crippen molar-refractivity contribution >= 4 is 57.7 Å². The van der Waals surface area contributed by atoms with E-state index in [0.29, 0.717) is 5.69 Å². The Morgan fingerprint density at radius 3 is 2.57 bits per heavy atom. The minimum Gasteiger partial charge on any atom is -0.549 e. The number of hydrogen-bond acceptors (Lipinski definition) is 6. The lowest BCUT2D eigenvalue weighted by Gasteiger charge is -2.29. The molecular formula is C12H9Cl2N2O4S-. The fourth-order valence-corrected chi connectivity index (χ4v) is 3.08. The summed E-state index contributed by atoms with van der Waals surface area (Å²) in [5, 5.41) is 19.6. The van der Waals surface area contributed by atoms with Gasteiger partial charge in [0.25, 0.3) is 0 Å². The van der Waals surface area contributed by atoms with Crippen molar-refractivity contribution in [1.29, 1.82) is 0 Å². The highest BCUT2D eigenvalue weighted by atomic mass is 35.5. The molecule has 0 bridgehead atoms. The maximum absolute atomic E-state index is 11.7. The number of aliphatic imine (C=N–C) groups is 1. The molecule has 1 aromatic carbocycles. The Hall–Kier alpha value is -1.44. The van der Waals surface area contributed by atoms with Crippen molar-refractivity contribution in [3.8, 4) is 5.75 Å². The van der Waals surface area contributed by atoms with E-state index in [2.05, 4.69) is 4.99 Å². The van der Waals surface area contributed by atoms with E-state index in [1.54, 1.807) is 0 Å². The van der Waals surface area contributed by atoms with Gasteiger partial charge in [-0.15, -0.1) is 0 Å². The normalized spacial score (nSPS) is 20.9. The van der Waals surface area contributed by atoms with Gasteiger partial charge < -0.3 is 15.0 Å². The van der Waals surface area contributed by atoms with Crippen molar-refractivity contribution in [3.63, 3.8) is 0 Å². The van der Waals surface area contributed by atoms with Gasteiger partial charge in [-0.05, 0) is 12.1 Å². The fourth-order valence-electron chi connectivity index (χ4n) is 1.61. The first-order valence-corrected chi connectivity index (χ1v) is 7.34. The van der Waals surface area contributed by atoms with Gasteiger partial charge in [0.2, 0.25) is 5.91 Å². The number of carboxylic acids is 1. The number of carbonyl (C=O) groups excluding carboxylic acids is 2. The number of hydrogen-bond donors (Lipinski definition) is 1. The van der Waals surface area contributed by atoms with Crippen LogP contribution < -0.4 is 5.11 Å². The number of aliphatic carboxylic acids is 1. The zero-order chi connectivity index (χ0) is 15.7. The van der Waals surface area contributed by atoms with Gasteiger partial charge in [0.15, 0.2) is 10.9 Å². The first-order chi connectivity index (χ1) is 9.79. The first kappa shape index (κ1) is 15.9. The number of phenolic OH excluding ortho intramolecular Hbond substituents is 1. The molecule has 1 fully saturated rings. The summed E-state index contributed by atoms with van der Waals surface area (Å²) >= 11 is 12.5. The van der Waals surface area contributed by atoms with Crippen molar-refractivity contribution in [2.24, 2.45) is 4.99 Å². The van der Waals surface area contributed by atoms with Crippen LogP contribution in [0.4, 0.5) is 5.69 Å². The third kappa shape index (κ3) is 3.42. The van der Waals surface area contributed by atoms with Crippen LogP contribution in [-0.2, 0) is 9.59 Å². The van der Waals surface area contributed by atoms with Gasteiger partial charge in [0.05, 0.1) is 27.0 Å². The molecule has 1 aliphatic heterocycles. The van der Waals surface area contributed by atoms with Gasteiger partial charge in [-0.3, -0.25) is 9.69 Å². The van der Waals surface area contributed by atoms with Crippen molar-refractivity contribution in [2.75, 3.05) is 7.05 Å². The second-order valence-corrected chi connectivity index (χ2v) is 6.22. The number of thioether (sulfide) groups is 1. The standard InChI is InChI=1S/C12H10Cl2N2O4S/c1-16-9(17)4-8(11(19)20)21-12(16)15-5-2-6(13)10(18)7(14)3-5/h2-3,8,18H,4H2,1H3,(H,19,20)/p-1/t8-/m0/s1. The van der Waals surface area contributed by atoms with Gasteiger partial charge in [-0.25, -0.2) is 4.99 Å². The third-order valence-electron chi connectivity index (χ3n) is 2.76. The van der Waals surface area contributed by atoms with Crippen LogP contribution in [-0.4, -0.2) is 39.3 Å². The van der Waals surface area contributed by atoms with E-state index in [1.807, 2.05) is 0 Å². The highest BCUT2D eigenvalue weighted by molar-refractivity contribution is 8.15. The largest absolute Gasteiger partial charge is 0.549 e. The summed E-state index contributed by atoms with van der Waals surface area (Å²) in [6.45, 7) is 0. The lowest BCUT2D eigenvalue weighted by molar-refractivity contribution is -0.304. The lowest BCUT2D eigenvalue weighted by Crippen LogP contribution is -2.45. The van der Waals surface area contributed by atoms with Crippen LogP contribution in [0, 0.1) is 0 Å². The predicted molar refractivity (Wildman–Crippen MR) is 79.0 cm³/mol. The van der Waals surface area contributed by atoms with Crippen molar-refractivity contribution in [3.05, 3.63) is 22.2 Å². The number of carbonyl (C=O) groups is 2. The van der Waals surface area contributed by atoms with E-state index in [-0.39, 0.29) is 33.3 Å². The monoisotopic (exact) mass is 347 g/mol. The Bertz CT molecular complexity index is 627. The Balaban J connectivity index is 2.38. The lowest BCUT2D eigenvalue weighted by atomic mass is 10.2. The zero-order valence-corrected chi connectivity index (χ0v) is 13.0. The van der Waals surface area contributed by atoms with Crippen molar-refractivity contribution in [1.82, 2.24) is 4.90 Å². The number of benzene rings is 1. The molecule has 1 atom stereocenters. The minimum absolute atomic E-state index is 0.00749. The van der Waals surface area contributed by atoms with Crippen LogP contribution in [0.2, 0.25) is 10.0 Å². The predicted octanol–water partition coefficient (Wildman–Crippen LogP) is 1.40. The molecule has 1 N–H and O–H groups in total. The van der Waals surface area contributed by atoms with Crippen molar-refractivity contribution in [2.45, 2.75) is 11.7 Å². The first-order valence-electron chi connectivity index (χ1n) is 5.70. The Kier molecular flexibility index (Phi) is 4.65. The number of phenols is 1. The molecule has 0 spiro atoms. The summed E-state index contributed by atoms with van der Waals surface area (Å²) < 4.78 is 0. The summed E-state index contributed by atoms with van der Waals surface area (Å²) in [4.78, 5) is 28.1. The summed E-state index contributed by atoms with van der Waals surface area (Å²) in [6.07, 6.45) is -0.153. The Labute approximate surface area is 134 Å². The highest BCUT2D eigenvalue weighted by Crippen LogP contribution is 2.37. The number of amides is 1. The van der Waals surface area contributed by atoms with Crippen LogP contribution in [0.15, 0.2) is 17.1 Å². The molecule has 21 heavy (non-hydrogen) atoms. The van der Waals surface area contributed by atoms with E-state index >= 15 is 0 Å². The van der Waals surface area contributed by atoms with Crippen molar-refractivity contribution < 1.29 is 19.8 Å². The average molecular weight is 348 g/mol. The summed E-state index contributed by atoms with van der Waals surface area (Å²) in [6, 6.07) is 2.72. The Morgan fingerprint density at radius 2 is 2.05 bits per heavy atom. The van der Waals surface area contributed by atoms with Crippen LogP contribution in [0.25, 0.3) is 0 Å². The third-order valence-corrected chi connectivity index (χ3v) is 4.55. The summed E-state index contributed by atoms with van der Waals surface area (Å²) in [5.41, 5.74) is 0.295. The molecule has 1 aliphatic rings. The second-order valence-electron chi connectivity index (χ2n) is 4.23. The molecular weight excluding hydrogens is 339 g/mol. The molecule has 9 heteroatoms. The van der Waals surface area contributed by atoms with Crippen LogP contribution >= 0.6 is 35.0 Å². The number of carboxylic acid groups (broad SMARTS) is 1. The van der Waals surface area contributed by atoms with Gasteiger partial charge in [0, 0.05) is 13.5 Å². The zero-order valence-electron chi connectivity index (χ0n) is 10.7. The molecule has 2 rings (SSSR count). The molecule has 6 nitrogen and oxygen atoms in total. The molecule has 0 radical (unpaired) electrons. The topological polar surface area (TPSA) is 93.0 Å². The molecule has 1 amide bonds. The van der Waals surface area contributed by atoms with E-state index in [1.165, 1.54) is 24.1 Å². The molecule has 0 saturated carbocycles. The van der Waals surface area contributed by atoms with Gasteiger partial charge >= 0.3 is 0 Å².